The van der Waals surface area contributed by atoms with Gasteiger partial charge in [-0.15, -0.1) is 12.4 Å². The second-order valence-corrected chi connectivity index (χ2v) is 7.16. The van der Waals surface area contributed by atoms with Gasteiger partial charge < -0.3 is 21.7 Å². The summed E-state index contributed by atoms with van der Waals surface area (Å²) in [5.41, 5.74) is 8.93. The van der Waals surface area contributed by atoms with Crippen LogP contribution in [0.25, 0.3) is 0 Å². The normalized spacial score (nSPS) is 25.5. The number of nitrogens with one attached hydrogen (secondary N) is 1. The van der Waals surface area contributed by atoms with Crippen LogP contribution in [0.5, 0.6) is 0 Å². The van der Waals surface area contributed by atoms with Gasteiger partial charge in [0.2, 0.25) is 5.91 Å². The van der Waals surface area contributed by atoms with Crippen molar-refractivity contribution in [1.82, 2.24) is 10.2 Å². The van der Waals surface area contributed by atoms with Crippen LogP contribution < -0.4 is 16.8 Å². The number of primary amides is 1. The number of amides is 3. The maximum Gasteiger partial charge on any atom is 0.416 e. The number of benzene rings is 1. The third-order valence-electron chi connectivity index (χ3n) is 4.96. The molecule has 3 amide bonds. The molecule has 150 valence electrons. The highest BCUT2D eigenvalue weighted by molar-refractivity contribution is 5.85. The highest BCUT2D eigenvalue weighted by Crippen LogP contribution is 2.62. The van der Waals surface area contributed by atoms with Crippen molar-refractivity contribution in [2.24, 2.45) is 11.5 Å². The van der Waals surface area contributed by atoms with Crippen molar-refractivity contribution in [2.75, 3.05) is 6.54 Å². The lowest BCUT2D eigenvalue weighted by molar-refractivity contribution is -0.182. The van der Waals surface area contributed by atoms with Gasteiger partial charge in [-0.3, -0.25) is 4.79 Å². The van der Waals surface area contributed by atoms with Gasteiger partial charge in [-0.2, -0.15) is 13.2 Å². The van der Waals surface area contributed by atoms with Crippen molar-refractivity contribution in [1.29, 1.82) is 0 Å². The zero-order valence-electron chi connectivity index (χ0n) is 14.1. The maximum atomic E-state index is 13.6. The molecule has 4 rings (SSSR count). The molecule has 3 saturated carbocycles. The van der Waals surface area contributed by atoms with E-state index in [2.05, 4.69) is 5.32 Å². The molecule has 0 atom stereocenters. The zero-order chi connectivity index (χ0) is 19.3. The van der Waals surface area contributed by atoms with Gasteiger partial charge >= 0.3 is 12.2 Å². The fourth-order valence-corrected chi connectivity index (χ4v) is 3.96. The molecule has 2 bridgehead atoms. The van der Waals surface area contributed by atoms with Crippen molar-refractivity contribution in [2.45, 2.75) is 43.1 Å². The standard InChI is InChI=1S/C16H18F4N4O2.ClH/c17-11-2-9(1-10(3-11)16(18,19)20)5-24(12(25)4-23-13(21)26)15-6-14(22,7-15)8-15;/h1-3H,4-8,22H2,(H3,21,23,26);1H. The lowest BCUT2D eigenvalue weighted by Crippen LogP contribution is -2.82. The average molecular weight is 411 g/mol. The van der Waals surface area contributed by atoms with Crippen LogP contribution in [0.1, 0.15) is 30.4 Å². The van der Waals surface area contributed by atoms with Crippen LogP contribution in [0.4, 0.5) is 22.4 Å². The average Bonchev–Trinajstić information content (AvgIpc) is 2.45. The van der Waals surface area contributed by atoms with Crippen LogP contribution in [-0.2, 0) is 17.5 Å². The van der Waals surface area contributed by atoms with Gasteiger partial charge in [0.05, 0.1) is 12.1 Å². The van der Waals surface area contributed by atoms with E-state index in [4.69, 9.17) is 11.5 Å². The Morgan fingerprint density at radius 2 is 1.78 bits per heavy atom. The topological polar surface area (TPSA) is 101 Å². The molecule has 0 heterocycles. The molecule has 0 unspecified atom stereocenters. The molecular weight excluding hydrogens is 392 g/mol. The van der Waals surface area contributed by atoms with Crippen molar-refractivity contribution in [3.8, 4) is 0 Å². The number of nitrogens with zero attached hydrogens (tertiary/aromatic N) is 1. The molecule has 1 aromatic carbocycles. The van der Waals surface area contributed by atoms with Crippen molar-refractivity contribution in [3.05, 3.63) is 35.1 Å². The molecular formula is C16H19ClF4N4O2. The number of carbonyl (C=O) groups is 2. The second-order valence-electron chi connectivity index (χ2n) is 7.16. The molecule has 3 fully saturated rings. The first-order valence-electron chi connectivity index (χ1n) is 7.92. The van der Waals surface area contributed by atoms with Gasteiger partial charge in [-0.1, -0.05) is 0 Å². The van der Waals surface area contributed by atoms with Crippen LogP contribution in [-0.4, -0.2) is 34.5 Å². The predicted octanol–water partition coefficient (Wildman–Crippen LogP) is 1.90. The number of carbonyl (C=O) groups excluding carboxylic acids is 2. The molecule has 27 heavy (non-hydrogen) atoms. The first-order chi connectivity index (χ1) is 11.9. The molecule has 3 aliphatic rings. The molecule has 0 saturated heterocycles. The van der Waals surface area contributed by atoms with Crippen LogP contribution in [0, 0.1) is 5.82 Å². The number of hydrogen-bond acceptors (Lipinski definition) is 3. The van der Waals surface area contributed by atoms with Crippen molar-refractivity contribution < 1.29 is 27.2 Å². The van der Waals surface area contributed by atoms with E-state index < -0.39 is 41.6 Å². The minimum absolute atomic E-state index is 0. The summed E-state index contributed by atoms with van der Waals surface area (Å²) >= 11 is 0. The van der Waals surface area contributed by atoms with Gasteiger partial charge in [0.1, 0.15) is 5.82 Å². The third kappa shape index (κ3) is 4.11. The number of urea groups is 1. The summed E-state index contributed by atoms with van der Waals surface area (Å²) in [5.74, 6) is -1.55. The van der Waals surface area contributed by atoms with Gasteiger partial charge in [-0.25, -0.2) is 9.18 Å². The number of alkyl halides is 3. The van der Waals surface area contributed by atoms with Crippen LogP contribution >= 0.6 is 12.4 Å². The van der Waals surface area contributed by atoms with Crippen LogP contribution in [0.2, 0.25) is 0 Å². The second kappa shape index (κ2) is 6.83. The summed E-state index contributed by atoms with van der Waals surface area (Å²) in [5, 5.41) is 2.17. The lowest BCUT2D eigenvalue weighted by Gasteiger charge is -2.72. The Labute approximate surface area is 158 Å². The minimum Gasteiger partial charge on any atom is -0.352 e. The number of rotatable bonds is 5. The highest BCUT2D eigenvalue weighted by atomic mass is 35.5. The summed E-state index contributed by atoms with van der Waals surface area (Å²) in [7, 11) is 0. The molecule has 0 aromatic heterocycles. The summed E-state index contributed by atoms with van der Waals surface area (Å²) in [6, 6.07) is 1.28. The molecule has 3 aliphatic carbocycles. The largest absolute Gasteiger partial charge is 0.416 e. The molecule has 6 nitrogen and oxygen atoms in total. The van der Waals surface area contributed by atoms with E-state index >= 15 is 0 Å². The lowest BCUT2D eigenvalue weighted by atomic mass is 9.44. The Balaban J connectivity index is 0.00000261. The molecule has 0 aliphatic heterocycles. The molecule has 0 radical (unpaired) electrons. The van der Waals surface area contributed by atoms with E-state index in [1.54, 1.807) is 0 Å². The predicted molar refractivity (Wildman–Crippen MR) is 90.3 cm³/mol. The van der Waals surface area contributed by atoms with Gasteiger partial charge in [-0.05, 0) is 43.0 Å². The van der Waals surface area contributed by atoms with Gasteiger partial charge in [0.25, 0.3) is 0 Å². The van der Waals surface area contributed by atoms with Crippen molar-refractivity contribution >= 4 is 24.3 Å². The first kappa shape index (κ1) is 21.2. The summed E-state index contributed by atoms with van der Waals surface area (Å²) < 4.78 is 52.3. The van der Waals surface area contributed by atoms with Gasteiger partial charge in [0.15, 0.2) is 0 Å². The minimum atomic E-state index is -4.70. The summed E-state index contributed by atoms with van der Waals surface area (Å²) in [6.45, 7) is -0.605. The molecule has 0 spiro atoms. The Morgan fingerprint density at radius 3 is 2.26 bits per heavy atom. The van der Waals surface area contributed by atoms with E-state index in [-0.39, 0.29) is 30.1 Å². The quantitative estimate of drug-likeness (QED) is 0.646. The highest BCUT2D eigenvalue weighted by Gasteiger charge is 2.69. The Morgan fingerprint density at radius 1 is 1.19 bits per heavy atom. The van der Waals surface area contributed by atoms with Crippen LogP contribution in [0.15, 0.2) is 18.2 Å². The van der Waals surface area contributed by atoms with E-state index in [9.17, 15) is 27.2 Å². The fraction of sp³-hybridized carbons (Fsp3) is 0.500. The van der Waals surface area contributed by atoms with Gasteiger partial charge in [0, 0.05) is 17.6 Å². The van der Waals surface area contributed by atoms with E-state index in [0.29, 0.717) is 25.3 Å². The van der Waals surface area contributed by atoms with E-state index in [1.165, 1.54) is 4.90 Å². The Hall–Kier alpha value is -2.07. The maximum absolute atomic E-state index is 13.6. The molecule has 1 aromatic rings. The number of halogens is 5. The fourth-order valence-electron chi connectivity index (χ4n) is 3.96. The number of hydrogen-bond donors (Lipinski definition) is 3. The zero-order valence-corrected chi connectivity index (χ0v) is 14.9. The number of nitrogens with two attached hydrogens (primary N) is 2. The third-order valence-corrected chi connectivity index (χ3v) is 4.96. The SMILES string of the molecule is Cl.NC(=O)NCC(=O)N(Cc1cc(F)cc(C(F)(F)F)c1)C12CC(N)(C1)C2. The Kier molecular flexibility index (Phi) is 5.37. The first-order valence-corrected chi connectivity index (χ1v) is 7.92. The smallest absolute Gasteiger partial charge is 0.352 e. The van der Waals surface area contributed by atoms with E-state index in [0.717, 1.165) is 12.1 Å². The van der Waals surface area contributed by atoms with Crippen LogP contribution in [0.3, 0.4) is 0 Å². The monoisotopic (exact) mass is 410 g/mol. The van der Waals surface area contributed by atoms with Crippen molar-refractivity contribution in [3.63, 3.8) is 0 Å². The summed E-state index contributed by atoms with van der Waals surface area (Å²) in [4.78, 5) is 24.7. The summed E-state index contributed by atoms with van der Waals surface area (Å²) in [6.07, 6.45) is -3.14. The molecule has 11 heteroatoms. The molecule has 5 N–H and O–H groups in total. The van der Waals surface area contributed by atoms with E-state index in [1.807, 2.05) is 0 Å². The Bertz CT molecular complexity index is 752.